The van der Waals surface area contributed by atoms with E-state index in [2.05, 4.69) is 31.6 Å². The summed E-state index contributed by atoms with van der Waals surface area (Å²) in [4.78, 5) is 16.4. The predicted molar refractivity (Wildman–Crippen MR) is 130 cm³/mol. The molecule has 0 aliphatic rings. The van der Waals surface area contributed by atoms with Crippen LogP contribution in [0.1, 0.15) is 17.5 Å². The van der Waals surface area contributed by atoms with Crippen LogP contribution in [0.2, 0.25) is 0 Å². The summed E-state index contributed by atoms with van der Waals surface area (Å²) in [5.41, 5.74) is 8.60. The molecular formula is C20H26BrIN4O3. The topological polar surface area (TPSA) is 98.0 Å². The zero-order valence-corrected chi connectivity index (χ0v) is 20.5. The van der Waals surface area contributed by atoms with E-state index < -0.39 is 0 Å². The Morgan fingerprint density at radius 3 is 2.52 bits per heavy atom. The van der Waals surface area contributed by atoms with Gasteiger partial charge < -0.3 is 25.8 Å². The number of benzene rings is 2. The Morgan fingerprint density at radius 2 is 1.86 bits per heavy atom. The molecule has 0 bridgehead atoms. The molecule has 0 saturated heterocycles. The maximum atomic E-state index is 12.1. The molecule has 7 nitrogen and oxygen atoms in total. The van der Waals surface area contributed by atoms with Gasteiger partial charge in [0.15, 0.2) is 17.5 Å². The number of hydrogen-bond donors (Lipinski definition) is 3. The van der Waals surface area contributed by atoms with Crippen LogP contribution in [0.4, 0.5) is 5.69 Å². The van der Waals surface area contributed by atoms with Crippen LogP contribution in [0.25, 0.3) is 0 Å². The highest BCUT2D eigenvalue weighted by Gasteiger charge is 2.06. The Balaban J connectivity index is 0.00000420. The number of nitrogens with zero attached hydrogens (tertiary/aromatic N) is 1. The van der Waals surface area contributed by atoms with Crippen molar-refractivity contribution >= 4 is 57.5 Å². The van der Waals surface area contributed by atoms with Crippen LogP contribution in [0.15, 0.2) is 45.9 Å². The maximum absolute atomic E-state index is 12.1. The van der Waals surface area contributed by atoms with Gasteiger partial charge in [0.2, 0.25) is 5.91 Å². The molecule has 0 aromatic heterocycles. The molecular weight excluding hydrogens is 551 g/mol. The molecule has 0 heterocycles. The van der Waals surface area contributed by atoms with Gasteiger partial charge in [-0.25, -0.2) is 4.99 Å². The summed E-state index contributed by atoms with van der Waals surface area (Å²) in [5.74, 6) is 1.49. The Morgan fingerprint density at radius 1 is 1.14 bits per heavy atom. The lowest BCUT2D eigenvalue weighted by Crippen LogP contribution is -2.34. The molecule has 0 radical (unpaired) electrons. The molecule has 0 aliphatic heterocycles. The Hall–Kier alpha value is -2.01. The number of nitrogens with one attached hydrogen (secondary N) is 2. The van der Waals surface area contributed by atoms with E-state index in [0.29, 0.717) is 24.6 Å². The molecule has 0 aliphatic carbocycles. The molecule has 0 fully saturated rings. The van der Waals surface area contributed by atoms with Crippen LogP contribution in [0.3, 0.4) is 0 Å². The summed E-state index contributed by atoms with van der Waals surface area (Å²) in [6.45, 7) is 2.73. The molecule has 158 valence electrons. The molecule has 2 aromatic carbocycles. The molecule has 2 rings (SSSR count). The van der Waals surface area contributed by atoms with Gasteiger partial charge in [0.1, 0.15) is 0 Å². The fraction of sp³-hybridized carbons (Fsp3) is 0.300. The van der Waals surface area contributed by atoms with Crippen molar-refractivity contribution in [3.63, 3.8) is 0 Å². The second-order valence-electron chi connectivity index (χ2n) is 6.08. The quantitative estimate of drug-likeness (QED) is 0.252. The number of nitrogens with two attached hydrogens (primary N) is 1. The van der Waals surface area contributed by atoms with Crippen molar-refractivity contribution < 1.29 is 14.3 Å². The van der Waals surface area contributed by atoms with Gasteiger partial charge >= 0.3 is 0 Å². The highest BCUT2D eigenvalue weighted by atomic mass is 127. The number of methoxy groups -OCH3 is 2. The number of rotatable bonds is 8. The molecule has 0 saturated carbocycles. The number of halogens is 2. The van der Waals surface area contributed by atoms with Crippen LogP contribution >= 0.6 is 39.9 Å². The Labute approximate surface area is 196 Å². The van der Waals surface area contributed by atoms with Crippen LogP contribution in [-0.4, -0.2) is 32.6 Å². The molecule has 1 amide bonds. The summed E-state index contributed by atoms with van der Waals surface area (Å²) in [6.07, 6.45) is 0.280. The largest absolute Gasteiger partial charge is 0.493 e. The third-order valence-electron chi connectivity index (χ3n) is 4.00. The summed E-state index contributed by atoms with van der Waals surface area (Å²) in [5, 5.41) is 5.83. The summed E-state index contributed by atoms with van der Waals surface area (Å²) in [6, 6.07) is 11.3. The van der Waals surface area contributed by atoms with Crippen LogP contribution in [0, 0.1) is 6.92 Å². The van der Waals surface area contributed by atoms with Gasteiger partial charge in [-0.15, -0.1) is 24.0 Å². The molecule has 2 aromatic rings. The minimum Gasteiger partial charge on any atom is -0.493 e. The van der Waals surface area contributed by atoms with Gasteiger partial charge in [0.05, 0.1) is 20.8 Å². The summed E-state index contributed by atoms with van der Waals surface area (Å²) < 4.78 is 11.5. The van der Waals surface area contributed by atoms with E-state index in [0.717, 1.165) is 21.3 Å². The number of amides is 1. The second-order valence-corrected chi connectivity index (χ2v) is 6.99. The third kappa shape index (κ3) is 8.09. The van der Waals surface area contributed by atoms with E-state index in [9.17, 15) is 4.79 Å². The number of aliphatic imine (C=N–C) groups is 1. The number of anilines is 1. The third-order valence-corrected chi connectivity index (χ3v) is 4.49. The van der Waals surface area contributed by atoms with Gasteiger partial charge in [-0.05, 0) is 48.4 Å². The first-order chi connectivity index (χ1) is 13.4. The number of carbonyl (C=O) groups excluding carboxylic acids is 1. The van der Waals surface area contributed by atoms with Crippen molar-refractivity contribution in [1.82, 2.24) is 5.32 Å². The lowest BCUT2D eigenvalue weighted by atomic mass is 10.2. The van der Waals surface area contributed by atoms with Crippen molar-refractivity contribution in [2.75, 3.05) is 26.1 Å². The average Bonchev–Trinajstić information content (AvgIpc) is 2.68. The molecule has 9 heteroatoms. The van der Waals surface area contributed by atoms with Crippen molar-refractivity contribution in [1.29, 1.82) is 0 Å². The van der Waals surface area contributed by atoms with E-state index in [1.165, 1.54) is 0 Å². The zero-order chi connectivity index (χ0) is 20.5. The van der Waals surface area contributed by atoms with Crippen molar-refractivity contribution in [2.45, 2.75) is 19.9 Å². The SMILES string of the molecule is COc1ccc(CN=C(N)NCCC(=O)Nc2ccc(Br)cc2C)cc1OC.I. The fourth-order valence-corrected chi connectivity index (χ4v) is 2.97. The number of carbonyl (C=O) groups is 1. The van der Waals surface area contributed by atoms with E-state index in [-0.39, 0.29) is 42.3 Å². The van der Waals surface area contributed by atoms with E-state index in [4.69, 9.17) is 15.2 Å². The van der Waals surface area contributed by atoms with Crippen molar-refractivity contribution in [3.8, 4) is 11.5 Å². The summed E-state index contributed by atoms with van der Waals surface area (Å²) in [7, 11) is 3.17. The minimum atomic E-state index is -0.0920. The Bertz CT molecular complexity index is 862. The molecule has 4 N–H and O–H groups in total. The Kier molecular flexibility index (Phi) is 10.8. The summed E-state index contributed by atoms with van der Waals surface area (Å²) >= 11 is 3.40. The zero-order valence-electron chi connectivity index (χ0n) is 16.6. The predicted octanol–water partition coefficient (Wildman–Crippen LogP) is 3.83. The van der Waals surface area contributed by atoms with Crippen molar-refractivity contribution in [3.05, 3.63) is 52.0 Å². The van der Waals surface area contributed by atoms with E-state index in [1.807, 2.05) is 43.3 Å². The van der Waals surface area contributed by atoms with Crippen molar-refractivity contribution in [2.24, 2.45) is 10.7 Å². The normalized spacial score (nSPS) is 10.7. The van der Waals surface area contributed by atoms with Gasteiger partial charge in [0.25, 0.3) is 0 Å². The van der Waals surface area contributed by atoms with Crippen LogP contribution in [0.5, 0.6) is 11.5 Å². The maximum Gasteiger partial charge on any atom is 0.226 e. The van der Waals surface area contributed by atoms with Crippen LogP contribution < -0.4 is 25.8 Å². The van der Waals surface area contributed by atoms with Crippen LogP contribution in [-0.2, 0) is 11.3 Å². The lowest BCUT2D eigenvalue weighted by molar-refractivity contribution is -0.116. The van der Waals surface area contributed by atoms with Gasteiger partial charge in [-0.3, -0.25) is 4.79 Å². The number of aryl methyl sites for hydroxylation is 1. The van der Waals surface area contributed by atoms with Gasteiger partial charge in [-0.1, -0.05) is 22.0 Å². The highest BCUT2D eigenvalue weighted by molar-refractivity contribution is 14.0. The lowest BCUT2D eigenvalue weighted by Gasteiger charge is -2.10. The number of ether oxygens (including phenoxy) is 2. The first-order valence-electron chi connectivity index (χ1n) is 8.73. The first kappa shape index (κ1) is 25.0. The number of hydrogen-bond acceptors (Lipinski definition) is 4. The molecule has 0 spiro atoms. The van der Waals surface area contributed by atoms with E-state index >= 15 is 0 Å². The smallest absolute Gasteiger partial charge is 0.226 e. The standard InChI is InChI=1S/C20H25BrN4O3.HI/c1-13-10-15(21)5-6-16(13)25-19(26)8-9-23-20(22)24-12-14-4-7-17(27-2)18(11-14)28-3;/h4-7,10-11H,8-9,12H2,1-3H3,(H,25,26)(H3,22,23,24);1H. The highest BCUT2D eigenvalue weighted by Crippen LogP contribution is 2.27. The van der Waals surface area contributed by atoms with Gasteiger partial charge in [0, 0.05) is 23.1 Å². The first-order valence-corrected chi connectivity index (χ1v) is 9.53. The monoisotopic (exact) mass is 576 g/mol. The van der Waals surface area contributed by atoms with Gasteiger partial charge in [-0.2, -0.15) is 0 Å². The average molecular weight is 577 g/mol. The second kappa shape index (κ2) is 12.5. The number of guanidine groups is 1. The molecule has 0 unspecified atom stereocenters. The minimum absolute atomic E-state index is 0. The fourth-order valence-electron chi connectivity index (χ4n) is 2.50. The molecule has 0 atom stereocenters. The van der Waals surface area contributed by atoms with E-state index in [1.54, 1.807) is 14.2 Å². The molecule has 29 heavy (non-hydrogen) atoms.